The van der Waals surface area contributed by atoms with Gasteiger partial charge in [0.15, 0.2) is 0 Å². The number of hydrogen-bond acceptors (Lipinski definition) is 5. The van der Waals surface area contributed by atoms with Crippen molar-refractivity contribution in [3.63, 3.8) is 0 Å². The standard InChI is InChI=1S/C12H13N3O2S3/c1-15(6-10-7-19-8-14-10)20(16,17)11-4-2-9(3-5-11)12(13)18/h2-5,7-8H,6H2,1H3,(H2,13,18). The van der Waals surface area contributed by atoms with Crippen LogP contribution in [0.25, 0.3) is 0 Å². The minimum Gasteiger partial charge on any atom is -0.389 e. The van der Waals surface area contributed by atoms with Crippen molar-refractivity contribution in [2.45, 2.75) is 11.4 Å². The number of rotatable bonds is 5. The lowest BCUT2D eigenvalue weighted by Crippen LogP contribution is -2.26. The van der Waals surface area contributed by atoms with Gasteiger partial charge in [0, 0.05) is 18.0 Å². The van der Waals surface area contributed by atoms with Crippen LogP contribution in [-0.4, -0.2) is 29.7 Å². The molecule has 0 aliphatic rings. The molecule has 0 amide bonds. The van der Waals surface area contributed by atoms with E-state index in [1.54, 1.807) is 17.6 Å². The first-order valence-corrected chi connectivity index (χ1v) is 8.43. The predicted molar refractivity (Wildman–Crippen MR) is 83.1 cm³/mol. The van der Waals surface area contributed by atoms with Gasteiger partial charge in [-0.05, 0) is 12.1 Å². The van der Waals surface area contributed by atoms with Gasteiger partial charge in [-0.25, -0.2) is 13.4 Å². The van der Waals surface area contributed by atoms with E-state index in [4.69, 9.17) is 18.0 Å². The number of thiazole rings is 1. The average molecular weight is 327 g/mol. The average Bonchev–Trinajstić information content (AvgIpc) is 2.91. The molecule has 0 unspecified atom stereocenters. The van der Waals surface area contributed by atoms with Crippen molar-refractivity contribution in [1.29, 1.82) is 0 Å². The van der Waals surface area contributed by atoms with E-state index >= 15 is 0 Å². The summed E-state index contributed by atoms with van der Waals surface area (Å²) in [6, 6.07) is 6.21. The van der Waals surface area contributed by atoms with Gasteiger partial charge in [-0.3, -0.25) is 0 Å². The Morgan fingerprint density at radius 1 is 1.40 bits per heavy atom. The normalized spacial score (nSPS) is 11.7. The highest BCUT2D eigenvalue weighted by Crippen LogP contribution is 2.17. The maximum absolute atomic E-state index is 12.4. The summed E-state index contributed by atoms with van der Waals surface area (Å²) in [7, 11) is -2.02. The fourth-order valence-corrected chi connectivity index (χ4v) is 3.43. The molecular formula is C12H13N3O2S3. The number of thiocarbonyl (C=S) groups is 1. The molecule has 2 N–H and O–H groups in total. The number of benzene rings is 1. The Morgan fingerprint density at radius 2 is 2.05 bits per heavy atom. The van der Waals surface area contributed by atoms with E-state index in [1.165, 1.54) is 34.8 Å². The number of nitrogens with zero attached hydrogens (tertiary/aromatic N) is 2. The van der Waals surface area contributed by atoms with Gasteiger partial charge in [0.2, 0.25) is 10.0 Å². The zero-order valence-electron chi connectivity index (χ0n) is 10.7. The molecule has 0 atom stereocenters. The summed E-state index contributed by atoms with van der Waals surface area (Å²) in [6.45, 7) is 0.239. The largest absolute Gasteiger partial charge is 0.389 e. The smallest absolute Gasteiger partial charge is 0.243 e. The molecule has 0 saturated carbocycles. The van der Waals surface area contributed by atoms with Crippen LogP contribution in [0, 0.1) is 0 Å². The fourth-order valence-electron chi connectivity index (χ4n) is 1.60. The summed E-state index contributed by atoms with van der Waals surface area (Å²) >= 11 is 6.27. The van der Waals surface area contributed by atoms with Crippen LogP contribution in [0.1, 0.15) is 11.3 Å². The highest BCUT2D eigenvalue weighted by atomic mass is 32.2. The summed E-state index contributed by atoms with van der Waals surface area (Å²) in [5.41, 5.74) is 8.52. The maximum atomic E-state index is 12.4. The third-order valence-electron chi connectivity index (χ3n) is 2.72. The molecule has 0 saturated heterocycles. The van der Waals surface area contributed by atoms with Gasteiger partial charge in [0.25, 0.3) is 0 Å². The Morgan fingerprint density at radius 3 is 2.55 bits per heavy atom. The van der Waals surface area contributed by atoms with Crippen LogP contribution >= 0.6 is 23.6 Å². The van der Waals surface area contributed by atoms with Gasteiger partial charge in [-0.1, -0.05) is 24.4 Å². The van der Waals surface area contributed by atoms with Crippen LogP contribution in [0.5, 0.6) is 0 Å². The van der Waals surface area contributed by atoms with Gasteiger partial charge in [0.05, 0.1) is 22.6 Å². The van der Waals surface area contributed by atoms with Crippen LogP contribution in [0.4, 0.5) is 0 Å². The Kier molecular flexibility index (Phi) is 4.48. The molecule has 8 heteroatoms. The molecule has 2 aromatic rings. The zero-order chi connectivity index (χ0) is 14.8. The second-order valence-electron chi connectivity index (χ2n) is 4.13. The molecule has 0 radical (unpaired) electrons. The highest BCUT2D eigenvalue weighted by molar-refractivity contribution is 7.89. The summed E-state index contributed by atoms with van der Waals surface area (Å²) < 4.78 is 26.0. The first-order chi connectivity index (χ1) is 9.41. The van der Waals surface area contributed by atoms with Crippen molar-refractivity contribution >= 4 is 38.6 Å². The lowest BCUT2D eigenvalue weighted by atomic mass is 10.2. The number of nitrogens with two attached hydrogens (primary N) is 1. The molecule has 0 aliphatic carbocycles. The van der Waals surface area contributed by atoms with Crippen molar-refractivity contribution < 1.29 is 8.42 Å². The molecular weight excluding hydrogens is 314 g/mol. The molecule has 0 aliphatic heterocycles. The molecule has 2 rings (SSSR count). The van der Waals surface area contributed by atoms with Crippen molar-refractivity contribution in [3.05, 3.63) is 46.4 Å². The number of hydrogen-bond donors (Lipinski definition) is 1. The third-order valence-corrected chi connectivity index (χ3v) is 5.40. The monoisotopic (exact) mass is 327 g/mol. The molecule has 5 nitrogen and oxygen atoms in total. The molecule has 0 spiro atoms. The number of aromatic nitrogens is 1. The third kappa shape index (κ3) is 3.21. The van der Waals surface area contributed by atoms with Crippen LogP contribution in [-0.2, 0) is 16.6 Å². The summed E-state index contributed by atoms with van der Waals surface area (Å²) in [5, 5.41) is 1.82. The Hall–Kier alpha value is -1.35. The van der Waals surface area contributed by atoms with Crippen molar-refractivity contribution in [2.75, 3.05) is 7.05 Å². The van der Waals surface area contributed by atoms with Crippen LogP contribution in [0.2, 0.25) is 0 Å². The lowest BCUT2D eigenvalue weighted by Gasteiger charge is -2.16. The summed E-state index contributed by atoms with van der Waals surface area (Å²) in [5.74, 6) is 0. The quantitative estimate of drug-likeness (QED) is 0.844. The van der Waals surface area contributed by atoms with E-state index in [0.717, 1.165) is 5.69 Å². The second-order valence-corrected chi connectivity index (χ2v) is 7.33. The minimum atomic E-state index is -3.54. The van der Waals surface area contributed by atoms with Crippen LogP contribution in [0.15, 0.2) is 40.1 Å². The van der Waals surface area contributed by atoms with Gasteiger partial charge in [-0.2, -0.15) is 4.31 Å². The summed E-state index contributed by atoms with van der Waals surface area (Å²) in [4.78, 5) is 4.52. The fraction of sp³-hybridized carbons (Fsp3) is 0.167. The van der Waals surface area contributed by atoms with E-state index in [1.807, 2.05) is 5.38 Å². The van der Waals surface area contributed by atoms with Crippen molar-refractivity contribution in [1.82, 2.24) is 9.29 Å². The van der Waals surface area contributed by atoms with Gasteiger partial charge in [0.1, 0.15) is 4.99 Å². The molecule has 0 fully saturated rings. The SMILES string of the molecule is CN(Cc1cscn1)S(=O)(=O)c1ccc(C(N)=S)cc1. The molecule has 20 heavy (non-hydrogen) atoms. The Bertz CT molecular complexity index is 694. The van der Waals surface area contributed by atoms with Crippen molar-refractivity contribution in [3.8, 4) is 0 Å². The first-order valence-electron chi connectivity index (χ1n) is 5.64. The molecule has 1 heterocycles. The molecule has 0 bridgehead atoms. The second kappa shape index (κ2) is 5.96. The van der Waals surface area contributed by atoms with E-state index in [2.05, 4.69) is 4.98 Å². The maximum Gasteiger partial charge on any atom is 0.243 e. The van der Waals surface area contributed by atoms with E-state index < -0.39 is 10.0 Å². The van der Waals surface area contributed by atoms with Gasteiger partial charge >= 0.3 is 0 Å². The van der Waals surface area contributed by atoms with Gasteiger partial charge in [-0.15, -0.1) is 11.3 Å². The highest BCUT2D eigenvalue weighted by Gasteiger charge is 2.21. The van der Waals surface area contributed by atoms with E-state index in [9.17, 15) is 8.42 Å². The molecule has 1 aromatic carbocycles. The number of sulfonamides is 1. The molecule has 106 valence electrons. The minimum absolute atomic E-state index is 0.204. The van der Waals surface area contributed by atoms with E-state index in [-0.39, 0.29) is 16.4 Å². The van der Waals surface area contributed by atoms with Gasteiger partial charge < -0.3 is 5.73 Å². The van der Waals surface area contributed by atoms with Crippen LogP contribution in [0.3, 0.4) is 0 Å². The van der Waals surface area contributed by atoms with Crippen molar-refractivity contribution in [2.24, 2.45) is 5.73 Å². The van der Waals surface area contributed by atoms with Crippen LogP contribution < -0.4 is 5.73 Å². The molecule has 1 aromatic heterocycles. The Labute approximate surface area is 127 Å². The Balaban J connectivity index is 2.23. The first kappa shape index (κ1) is 15.0. The topological polar surface area (TPSA) is 76.3 Å². The predicted octanol–water partition coefficient (Wildman–Crippen LogP) is 1.60. The summed E-state index contributed by atoms with van der Waals surface area (Å²) in [6.07, 6.45) is 0. The lowest BCUT2D eigenvalue weighted by molar-refractivity contribution is 0.463. The zero-order valence-corrected chi connectivity index (χ0v) is 13.1. The van der Waals surface area contributed by atoms with E-state index in [0.29, 0.717) is 5.56 Å².